The standard InChI is InChI=1S/C17H19ClO2/c1-12(6-5-7-13(2)10-17(18)19)8-9-16-14(3)11-20-15(16)4/h5-11H,1-4H3. The number of carbonyl (C=O) groups is 1. The molecular formula is C17H19ClO2. The van der Waals surface area contributed by atoms with Crippen molar-refractivity contribution in [3.05, 3.63) is 64.7 Å². The van der Waals surface area contributed by atoms with Gasteiger partial charge in [0.05, 0.1) is 6.26 Å². The highest BCUT2D eigenvalue weighted by Crippen LogP contribution is 2.17. The Kier molecular flexibility index (Phi) is 6.26. The zero-order valence-corrected chi connectivity index (χ0v) is 13.0. The van der Waals surface area contributed by atoms with Crippen LogP contribution in [0.2, 0.25) is 0 Å². The third-order valence-electron chi connectivity index (χ3n) is 2.79. The zero-order chi connectivity index (χ0) is 15.1. The van der Waals surface area contributed by atoms with Crippen molar-refractivity contribution in [2.45, 2.75) is 27.7 Å². The van der Waals surface area contributed by atoms with Crippen LogP contribution >= 0.6 is 11.6 Å². The second kappa shape index (κ2) is 7.71. The monoisotopic (exact) mass is 290 g/mol. The van der Waals surface area contributed by atoms with E-state index in [9.17, 15) is 4.79 Å². The van der Waals surface area contributed by atoms with Gasteiger partial charge in [-0.2, -0.15) is 0 Å². The zero-order valence-electron chi connectivity index (χ0n) is 12.2. The van der Waals surface area contributed by atoms with E-state index in [0.717, 1.165) is 28.0 Å². The lowest BCUT2D eigenvalue weighted by atomic mass is 10.1. The van der Waals surface area contributed by atoms with E-state index in [-0.39, 0.29) is 0 Å². The van der Waals surface area contributed by atoms with Crippen LogP contribution in [0.4, 0.5) is 0 Å². The predicted octanol–water partition coefficient (Wildman–Crippen LogP) is 5.12. The van der Waals surface area contributed by atoms with E-state index in [1.54, 1.807) is 6.26 Å². The minimum atomic E-state index is -0.460. The van der Waals surface area contributed by atoms with Crippen molar-refractivity contribution >= 4 is 22.9 Å². The lowest BCUT2D eigenvalue weighted by Gasteiger charge is -1.93. The molecule has 1 aromatic rings. The SMILES string of the molecule is CC(C=Cc1c(C)coc1C)=CC=CC(C)=CC(=O)Cl. The molecule has 0 atom stereocenters. The van der Waals surface area contributed by atoms with Gasteiger partial charge in [-0.1, -0.05) is 36.0 Å². The van der Waals surface area contributed by atoms with E-state index in [4.69, 9.17) is 16.0 Å². The normalized spacial score (nSPS) is 13.7. The van der Waals surface area contributed by atoms with Gasteiger partial charge in [0.15, 0.2) is 0 Å². The Morgan fingerprint density at radius 2 is 1.90 bits per heavy atom. The molecule has 2 nitrogen and oxygen atoms in total. The number of hydrogen-bond acceptors (Lipinski definition) is 2. The van der Waals surface area contributed by atoms with Crippen molar-refractivity contribution in [3.8, 4) is 0 Å². The third kappa shape index (κ3) is 5.45. The second-order valence-corrected chi connectivity index (χ2v) is 5.06. The number of hydrogen-bond donors (Lipinski definition) is 0. The average Bonchev–Trinajstić information content (AvgIpc) is 2.65. The maximum atomic E-state index is 10.7. The fourth-order valence-corrected chi connectivity index (χ4v) is 1.85. The van der Waals surface area contributed by atoms with Crippen LogP contribution in [0.1, 0.15) is 30.7 Å². The van der Waals surface area contributed by atoms with Crippen LogP contribution < -0.4 is 0 Å². The van der Waals surface area contributed by atoms with Gasteiger partial charge in [-0.15, -0.1) is 0 Å². The Labute approximate surface area is 125 Å². The van der Waals surface area contributed by atoms with Crippen molar-refractivity contribution in [2.24, 2.45) is 0 Å². The largest absolute Gasteiger partial charge is 0.469 e. The highest BCUT2D eigenvalue weighted by atomic mass is 35.5. The van der Waals surface area contributed by atoms with Crippen molar-refractivity contribution in [2.75, 3.05) is 0 Å². The minimum Gasteiger partial charge on any atom is -0.469 e. The molecule has 0 aliphatic heterocycles. The maximum absolute atomic E-state index is 10.7. The summed E-state index contributed by atoms with van der Waals surface area (Å²) in [6.07, 6.45) is 12.9. The van der Waals surface area contributed by atoms with Crippen LogP contribution in [0.25, 0.3) is 6.08 Å². The van der Waals surface area contributed by atoms with Gasteiger partial charge in [0.25, 0.3) is 0 Å². The molecule has 0 bridgehead atoms. The number of rotatable bonds is 5. The van der Waals surface area contributed by atoms with E-state index in [2.05, 4.69) is 0 Å². The van der Waals surface area contributed by atoms with Gasteiger partial charge < -0.3 is 4.42 Å². The Bertz CT molecular complexity index is 579. The van der Waals surface area contributed by atoms with Crippen LogP contribution in [0.15, 0.2) is 52.2 Å². The summed E-state index contributed by atoms with van der Waals surface area (Å²) in [6, 6.07) is 0. The maximum Gasteiger partial charge on any atom is 0.245 e. The molecule has 0 aliphatic carbocycles. The average molecular weight is 291 g/mol. The summed E-state index contributed by atoms with van der Waals surface area (Å²) in [5.41, 5.74) is 4.16. The highest BCUT2D eigenvalue weighted by Gasteiger charge is 2.01. The number of aryl methyl sites for hydroxylation is 2. The first kappa shape index (κ1) is 16.3. The molecule has 0 aliphatic rings. The quantitative estimate of drug-likeness (QED) is 0.428. The lowest BCUT2D eigenvalue weighted by Crippen LogP contribution is -1.78. The Morgan fingerprint density at radius 1 is 1.20 bits per heavy atom. The van der Waals surface area contributed by atoms with Gasteiger partial charge >= 0.3 is 0 Å². The highest BCUT2D eigenvalue weighted by molar-refractivity contribution is 6.66. The van der Waals surface area contributed by atoms with Crippen LogP contribution in [0.3, 0.4) is 0 Å². The Balaban J connectivity index is 2.72. The van der Waals surface area contributed by atoms with Gasteiger partial charge in [0, 0.05) is 11.6 Å². The summed E-state index contributed by atoms with van der Waals surface area (Å²) in [4.78, 5) is 10.7. The van der Waals surface area contributed by atoms with Crippen LogP contribution in [0.5, 0.6) is 0 Å². The topological polar surface area (TPSA) is 30.2 Å². The van der Waals surface area contributed by atoms with Crippen molar-refractivity contribution in [1.82, 2.24) is 0 Å². The lowest BCUT2D eigenvalue weighted by molar-refractivity contribution is -0.107. The van der Waals surface area contributed by atoms with Crippen LogP contribution in [-0.2, 0) is 4.79 Å². The summed E-state index contributed by atoms with van der Waals surface area (Å²) in [5, 5.41) is -0.460. The predicted molar refractivity (Wildman–Crippen MR) is 84.7 cm³/mol. The number of furan rings is 1. The molecule has 0 N–H and O–H groups in total. The van der Waals surface area contributed by atoms with E-state index < -0.39 is 5.24 Å². The summed E-state index contributed by atoms with van der Waals surface area (Å²) in [7, 11) is 0. The smallest absolute Gasteiger partial charge is 0.245 e. The fraction of sp³-hybridized carbons (Fsp3) is 0.235. The third-order valence-corrected chi connectivity index (χ3v) is 2.90. The first-order chi connectivity index (χ1) is 9.40. The molecule has 0 radical (unpaired) electrons. The molecule has 0 aromatic carbocycles. The Morgan fingerprint density at radius 3 is 2.45 bits per heavy atom. The molecule has 0 saturated heterocycles. The van der Waals surface area contributed by atoms with E-state index >= 15 is 0 Å². The molecule has 0 unspecified atom stereocenters. The molecule has 3 heteroatoms. The minimum absolute atomic E-state index is 0.460. The van der Waals surface area contributed by atoms with Gasteiger partial charge in [0.2, 0.25) is 5.24 Å². The van der Waals surface area contributed by atoms with Crippen molar-refractivity contribution in [3.63, 3.8) is 0 Å². The molecule has 0 spiro atoms. The fourth-order valence-electron chi connectivity index (χ4n) is 1.68. The van der Waals surface area contributed by atoms with Crippen molar-refractivity contribution < 1.29 is 9.21 Å². The number of halogens is 1. The molecule has 1 heterocycles. The van der Waals surface area contributed by atoms with Crippen LogP contribution in [0, 0.1) is 13.8 Å². The number of allylic oxidation sites excluding steroid dienone is 7. The molecular weight excluding hydrogens is 272 g/mol. The van der Waals surface area contributed by atoms with Crippen molar-refractivity contribution in [1.29, 1.82) is 0 Å². The van der Waals surface area contributed by atoms with E-state index in [1.165, 1.54) is 6.08 Å². The first-order valence-electron chi connectivity index (χ1n) is 6.35. The summed E-state index contributed by atoms with van der Waals surface area (Å²) >= 11 is 5.27. The van der Waals surface area contributed by atoms with E-state index in [1.807, 2.05) is 58.1 Å². The summed E-state index contributed by atoms with van der Waals surface area (Å²) in [6.45, 7) is 7.81. The van der Waals surface area contributed by atoms with Crippen LogP contribution in [-0.4, -0.2) is 5.24 Å². The molecule has 106 valence electrons. The van der Waals surface area contributed by atoms with E-state index in [0.29, 0.717) is 0 Å². The van der Waals surface area contributed by atoms with Gasteiger partial charge in [-0.05, 0) is 50.4 Å². The molecule has 0 fully saturated rings. The molecule has 1 aromatic heterocycles. The van der Waals surface area contributed by atoms with Gasteiger partial charge in [-0.3, -0.25) is 4.79 Å². The molecule has 1 rings (SSSR count). The second-order valence-electron chi connectivity index (χ2n) is 4.68. The molecule has 0 saturated carbocycles. The van der Waals surface area contributed by atoms with Gasteiger partial charge in [0.1, 0.15) is 5.76 Å². The Hall–Kier alpha value is -1.80. The number of carbonyl (C=O) groups excluding carboxylic acids is 1. The van der Waals surface area contributed by atoms with Gasteiger partial charge in [-0.25, -0.2) is 0 Å². The summed E-state index contributed by atoms with van der Waals surface area (Å²) < 4.78 is 5.34. The summed E-state index contributed by atoms with van der Waals surface area (Å²) in [5.74, 6) is 0.918. The first-order valence-corrected chi connectivity index (χ1v) is 6.73. The molecule has 20 heavy (non-hydrogen) atoms. The molecule has 0 amide bonds.